The predicted octanol–water partition coefficient (Wildman–Crippen LogP) is -1.50. The van der Waals surface area contributed by atoms with Crippen molar-refractivity contribution >= 4 is 21.0 Å². The third-order valence-electron chi connectivity index (χ3n) is 0.199. The van der Waals surface area contributed by atoms with Gasteiger partial charge in [-0.25, -0.2) is 0 Å². The Kier molecular flexibility index (Phi) is 1.69. The number of hydrogen-bond donors (Lipinski definition) is 0. The Bertz CT molecular complexity index is 113. The molecule has 0 saturated carbocycles. The minimum absolute atomic E-state index is 0.115. The molecule has 0 atom stereocenters. The molecule has 38 valence electrons. The molecule has 0 spiro atoms. The summed E-state index contributed by atoms with van der Waals surface area (Å²) >= 11 is 0. The van der Waals surface area contributed by atoms with Gasteiger partial charge in [-0.1, -0.05) is 3.89 Å². The molecule has 0 amide bonds. The summed E-state index contributed by atoms with van der Waals surface area (Å²) < 4.78 is 32.6. The van der Waals surface area contributed by atoms with Crippen molar-refractivity contribution in [1.82, 2.24) is 0 Å². The quantitative estimate of drug-likeness (QED) is 0.320. The summed E-state index contributed by atoms with van der Waals surface area (Å²) in [5.41, 5.74) is 0. The van der Waals surface area contributed by atoms with E-state index in [1.165, 1.54) is 0 Å². The van der Waals surface area contributed by atoms with Gasteiger partial charge >= 0.3 is 10.5 Å². The van der Waals surface area contributed by atoms with E-state index in [4.69, 9.17) is 8.42 Å². The van der Waals surface area contributed by atoms with Gasteiger partial charge < -0.3 is 3.87 Å². The van der Waals surface area contributed by atoms with Crippen LogP contribution in [0.4, 0.5) is 3.89 Å². The fourth-order valence-electron chi connectivity index (χ4n) is 0. The largest absolute Gasteiger partial charge is 0.426 e. The molecule has 0 heterocycles. The molecular formula is H3FO3SSi. The SMILES string of the molecule is O=S(=O)(F)O[SiH3]. The monoisotopic (exact) mass is 130 g/mol. The van der Waals surface area contributed by atoms with Crippen molar-refractivity contribution in [1.29, 1.82) is 0 Å². The van der Waals surface area contributed by atoms with Crippen molar-refractivity contribution < 1.29 is 16.2 Å². The van der Waals surface area contributed by atoms with E-state index in [1.807, 2.05) is 0 Å². The summed E-state index contributed by atoms with van der Waals surface area (Å²) in [6.07, 6.45) is 0. The van der Waals surface area contributed by atoms with Gasteiger partial charge in [-0.15, -0.1) is 0 Å². The minimum Gasteiger partial charge on any atom is -0.302 e. The lowest BCUT2D eigenvalue weighted by Gasteiger charge is -1.79. The number of hydrogen-bond acceptors (Lipinski definition) is 3. The second-order valence-electron chi connectivity index (χ2n) is 0.560. The van der Waals surface area contributed by atoms with E-state index in [-0.39, 0.29) is 10.5 Å². The fourth-order valence-corrected chi connectivity index (χ4v) is 0. The molecule has 0 aliphatic rings. The summed E-state index contributed by atoms with van der Waals surface area (Å²) in [4.78, 5) is 0. The maximum absolute atomic E-state index is 10.9. The van der Waals surface area contributed by atoms with E-state index in [2.05, 4.69) is 3.87 Å². The van der Waals surface area contributed by atoms with E-state index in [1.54, 1.807) is 0 Å². The predicted molar refractivity (Wildman–Crippen MR) is 21.1 cm³/mol. The zero-order valence-electron chi connectivity index (χ0n) is 3.01. The van der Waals surface area contributed by atoms with E-state index in [0.29, 0.717) is 0 Å². The number of rotatable bonds is 1. The molecule has 0 aliphatic carbocycles. The van der Waals surface area contributed by atoms with Crippen molar-refractivity contribution in [2.75, 3.05) is 0 Å². The average molecular weight is 130 g/mol. The molecule has 0 N–H and O–H groups in total. The van der Waals surface area contributed by atoms with Crippen molar-refractivity contribution in [3.63, 3.8) is 0 Å². The summed E-state index contributed by atoms with van der Waals surface area (Å²) in [7, 11) is -4.72. The van der Waals surface area contributed by atoms with E-state index >= 15 is 0 Å². The first-order valence-corrected chi connectivity index (χ1v) is 3.19. The van der Waals surface area contributed by atoms with Crippen LogP contribution in [0.1, 0.15) is 0 Å². The summed E-state index contributed by atoms with van der Waals surface area (Å²) in [5, 5.41) is 0. The molecule has 0 aromatic carbocycles. The van der Waals surface area contributed by atoms with Crippen molar-refractivity contribution in [3.05, 3.63) is 0 Å². The Balaban J connectivity index is 3.85. The second kappa shape index (κ2) is 1.67. The first-order chi connectivity index (χ1) is 2.56. The lowest BCUT2D eigenvalue weighted by Crippen LogP contribution is -1.91. The molecule has 0 bridgehead atoms. The molecule has 0 aliphatic heterocycles. The first kappa shape index (κ1) is 6.06. The van der Waals surface area contributed by atoms with Gasteiger partial charge in [0.25, 0.3) is 0 Å². The third-order valence-corrected chi connectivity index (χ3v) is 1.79. The fraction of sp³-hybridized carbons (Fsp3) is 0. The van der Waals surface area contributed by atoms with Gasteiger partial charge in [0, 0.05) is 0 Å². The Hall–Kier alpha value is 0.0569. The number of halogens is 1. The van der Waals surface area contributed by atoms with Gasteiger partial charge in [0.05, 0.1) is 0 Å². The van der Waals surface area contributed by atoms with E-state index < -0.39 is 10.5 Å². The molecule has 0 saturated heterocycles. The molecular weight excluding hydrogens is 127 g/mol. The molecule has 0 radical (unpaired) electrons. The Labute approximate surface area is 38.1 Å². The summed E-state index contributed by atoms with van der Waals surface area (Å²) in [6, 6.07) is 0. The van der Waals surface area contributed by atoms with Gasteiger partial charge in [-0.05, 0) is 0 Å². The Morgan fingerprint density at radius 2 is 1.83 bits per heavy atom. The standard InChI is InChI=1S/FH3O3SSi/c1-5(2,3)4-6/h6H3. The van der Waals surface area contributed by atoms with Crippen LogP contribution in [0.2, 0.25) is 0 Å². The lowest BCUT2D eigenvalue weighted by molar-refractivity contribution is 0.458. The van der Waals surface area contributed by atoms with Crippen LogP contribution in [0.25, 0.3) is 0 Å². The van der Waals surface area contributed by atoms with Crippen molar-refractivity contribution in [2.45, 2.75) is 0 Å². The van der Waals surface area contributed by atoms with Gasteiger partial charge in [0.15, 0.2) is 10.5 Å². The zero-order chi connectivity index (χ0) is 5.21. The highest BCUT2D eigenvalue weighted by Gasteiger charge is 1.97. The molecule has 0 aromatic heterocycles. The van der Waals surface area contributed by atoms with Crippen LogP contribution in [0.3, 0.4) is 0 Å². The van der Waals surface area contributed by atoms with E-state index in [0.717, 1.165) is 0 Å². The first-order valence-electron chi connectivity index (χ1n) is 1.06. The molecule has 0 unspecified atom stereocenters. The molecule has 3 nitrogen and oxygen atoms in total. The third kappa shape index (κ3) is 4.06. The van der Waals surface area contributed by atoms with Gasteiger partial charge in [0.1, 0.15) is 0 Å². The van der Waals surface area contributed by atoms with Crippen LogP contribution in [-0.2, 0) is 14.4 Å². The van der Waals surface area contributed by atoms with Crippen molar-refractivity contribution in [2.24, 2.45) is 0 Å². The molecule has 0 fully saturated rings. The van der Waals surface area contributed by atoms with Crippen LogP contribution in [-0.4, -0.2) is 18.9 Å². The maximum Gasteiger partial charge on any atom is 0.426 e. The minimum atomic E-state index is -4.60. The summed E-state index contributed by atoms with van der Waals surface area (Å²) in [5.74, 6) is 0. The topological polar surface area (TPSA) is 43.4 Å². The highest BCUT2D eigenvalue weighted by atomic mass is 32.3. The molecule has 0 aromatic rings. The molecule has 6 heavy (non-hydrogen) atoms. The van der Waals surface area contributed by atoms with E-state index in [9.17, 15) is 3.89 Å². The van der Waals surface area contributed by atoms with Crippen LogP contribution in [0.15, 0.2) is 0 Å². The highest BCUT2D eigenvalue weighted by molar-refractivity contribution is 7.82. The van der Waals surface area contributed by atoms with Gasteiger partial charge in [-0.2, -0.15) is 8.42 Å². The zero-order valence-corrected chi connectivity index (χ0v) is 5.83. The highest BCUT2D eigenvalue weighted by Crippen LogP contribution is 1.85. The normalized spacial score (nSPS) is 12.2. The maximum atomic E-state index is 10.9. The summed E-state index contributed by atoms with van der Waals surface area (Å²) in [6.45, 7) is 0. The van der Waals surface area contributed by atoms with Crippen LogP contribution in [0, 0.1) is 0 Å². The Morgan fingerprint density at radius 3 is 1.83 bits per heavy atom. The van der Waals surface area contributed by atoms with Crippen molar-refractivity contribution in [3.8, 4) is 0 Å². The lowest BCUT2D eigenvalue weighted by atomic mass is 15.8. The van der Waals surface area contributed by atoms with Crippen LogP contribution < -0.4 is 0 Å². The second-order valence-corrected chi connectivity index (χ2v) is 2.68. The van der Waals surface area contributed by atoms with Gasteiger partial charge in [0.2, 0.25) is 0 Å². The Morgan fingerprint density at radius 1 is 1.67 bits per heavy atom. The average Bonchev–Trinajstić information content (AvgIpc) is 1.35. The smallest absolute Gasteiger partial charge is 0.302 e. The van der Waals surface area contributed by atoms with Crippen LogP contribution in [0.5, 0.6) is 0 Å². The van der Waals surface area contributed by atoms with Gasteiger partial charge in [-0.3, -0.25) is 0 Å². The molecule has 6 heteroatoms. The van der Waals surface area contributed by atoms with Crippen LogP contribution >= 0.6 is 0 Å². The molecule has 0 rings (SSSR count).